The number of H-pyrrole nitrogens is 1. The molecule has 9 nitrogen and oxygen atoms in total. The lowest BCUT2D eigenvalue weighted by atomic mass is 9.68. The number of imide groups is 1. The Bertz CT molecular complexity index is 1930. The molecular weight excluding hydrogens is 646 g/mol. The second-order valence-corrected chi connectivity index (χ2v) is 14.7. The Kier molecular flexibility index (Phi) is 7.23. The topological polar surface area (TPSA) is 118 Å². The molecule has 3 heterocycles. The number of hydrogen-bond donors (Lipinski definition) is 2. The van der Waals surface area contributed by atoms with Gasteiger partial charge in [0.25, 0.3) is 5.91 Å². The van der Waals surface area contributed by atoms with Gasteiger partial charge in [0, 0.05) is 26.8 Å². The van der Waals surface area contributed by atoms with Crippen molar-refractivity contribution in [1.29, 1.82) is 0 Å². The summed E-state index contributed by atoms with van der Waals surface area (Å²) >= 11 is 8.78. The Morgan fingerprint density at radius 1 is 0.978 bits per heavy atom. The number of aromatic nitrogens is 1. The highest BCUT2D eigenvalue weighted by Crippen LogP contribution is 2.68. The highest BCUT2D eigenvalue weighted by atomic mass is 35.5. The molecule has 7 atom stereocenters. The zero-order valence-corrected chi connectivity index (χ0v) is 26.9. The largest absolute Gasteiger partial charge is 0.493 e. The average Bonchev–Trinajstić information content (AvgIpc) is 3.80. The van der Waals surface area contributed by atoms with Crippen LogP contribution < -0.4 is 24.6 Å². The number of thioether (sulfide) groups is 1. The van der Waals surface area contributed by atoms with Crippen molar-refractivity contribution in [3.63, 3.8) is 0 Å². The number of carbonyl (C=O) groups is 3. The van der Waals surface area contributed by atoms with Gasteiger partial charge in [-0.05, 0) is 78.3 Å². The molecule has 2 aliphatic heterocycles. The third kappa shape index (κ3) is 4.66. The number of halogens is 1. The van der Waals surface area contributed by atoms with E-state index in [1.165, 1.54) is 16.2 Å². The normalized spacial score (nSPS) is 27.3. The third-order valence-corrected chi connectivity index (χ3v) is 12.6. The molecule has 0 spiro atoms. The van der Waals surface area contributed by atoms with Crippen molar-refractivity contribution >= 4 is 63.8 Å². The number of para-hydroxylation sites is 1. The summed E-state index contributed by atoms with van der Waals surface area (Å²) in [7, 11) is 1.54. The summed E-state index contributed by atoms with van der Waals surface area (Å²) in [5.74, 6) is -0.561. The van der Waals surface area contributed by atoms with E-state index in [9.17, 15) is 19.2 Å². The van der Waals surface area contributed by atoms with Crippen molar-refractivity contribution in [1.82, 2.24) is 4.98 Å². The molecule has 8 rings (SSSR count). The van der Waals surface area contributed by atoms with Gasteiger partial charge in [-0.3, -0.25) is 24.1 Å². The molecule has 2 saturated carbocycles. The summed E-state index contributed by atoms with van der Waals surface area (Å²) in [6, 6.07) is 21.6. The van der Waals surface area contributed by atoms with Crippen molar-refractivity contribution in [3.8, 4) is 11.5 Å². The van der Waals surface area contributed by atoms with Crippen LogP contribution in [0.25, 0.3) is 0 Å². The SMILES string of the molecule is COc1cc([C@H]2c3sc(=O)[nH]c3SC3C2[C@H]2C[C@@H]3C3C(=O)N(c4ccccc4)C(=O)C32)ccc1OCC(=O)Nc1ccc(Cl)cc1. The van der Waals surface area contributed by atoms with Gasteiger partial charge in [0.15, 0.2) is 18.1 Å². The van der Waals surface area contributed by atoms with E-state index < -0.39 is 0 Å². The minimum atomic E-state index is -0.386. The summed E-state index contributed by atoms with van der Waals surface area (Å²) < 4.78 is 11.6. The van der Waals surface area contributed by atoms with E-state index in [1.807, 2.05) is 42.5 Å². The highest BCUT2D eigenvalue weighted by molar-refractivity contribution is 8.00. The number of hydrogen-bond acceptors (Lipinski definition) is 8. The third-order valence-electron chi connectivity index (χ3n) is 9.77. The number of aromatic amines is 1. The maximum atomic E-state index is 13.9. The Labute approximate surface area is 277 Å². The first-order chi connectivity index (χ1) is 22.3. The lowest BCUT2D eigenvalue weighted by Gasteiger charge is -2.43. The Balaban J connectivity index is 1.09. The van der Waals surface area contributed by atoms with Gasteiger partial charge in [-0.15, -0.1) is 11.8 Å². The van der Waals surface area contributed by atoms with Gasteiger partial charge in [-0.2, -0.15) is 0 Å². The zero-order chi connectivity index (χ0) is 31.7. The molecule has 4 aliphatic rings. The molecule has 1 aromatic heterocycles. The second-order valence-electron chi connectivity index (χ2n) is 12.1. The van der Waals surface area contributed by atoms with Crippen LogP contribution in [0.4, 0.5) is 11.4 Å². The molecule has 12 heteroatoms. The fraction of sp³-hybridized carbons (Fsp3) is 0.294. The number of thiazole rings is 1. The first-order valence-electron chi connectivity index (χ1n) is 15.0. The fourth-order valence-corrected chi connectivity index (χ4v) is 11.1. The number of rotatable bonds is 7. The van der Waals surface area contributed by atoms with E-state index in [0.29, 0.717) is 27.9 Å². The molecule has 4 aromatic rings. The molecule has 3 amide bonds. The fourth-order valence-electron chi connectivity index (χ4n) is 8.09. The summed E-state index contributed by atoms with van der Waals surface area (Å²) in [5, 5.41) is 4.26. The number of benzene rings is 3. The monoisotopic (exact) mass is 673 g/mol. The summed E-state index contributed by atoms with van der Waals surface area (Å²) in [6.07, 6.45) is 0.800. The van der Waals surface area contributed by atoms with Gasteiger partial charge in [-0.1, -0.05) is 47.2 Å². The number of nitrogens with one attached hydrogen (secondary N) is 2. The second kappa shape index (κ2) is 11.3. The molecule has 2 N–H and O–H groups in total. The van der Waals surface area contributed by atoms with Crippen LogP contribution in [0.2, 0.25) is 5.02 Å². The van der Waals surface area contributed by atoms with Crippen molar-refractivity contribution in [3.05, 3.63) is 97.9 Å². The Hall–Kier alpha value is -4.06. The standard InChI is InChI=1S/C34H28ClN3O6S2/c1-43-23-13-16(7-12-22(23)44-15-24(39)36-18-10-8-17(35)9-11-18)25-26-20-14-21(29(26)45-31-30(25)46-34(42)37-31)28-27(20)32(40)38(33(28)41)19-5-3-2-4-6-19/h2-13,20-21,25-29H,14-15H2,1H3,(H,36,39)(H,37,42)/t20-,21-,25-,26?,27?,28?,29?/m1/s1. The van der Waals surface area contributed by atoms with E-state index >= 15 is 0 Å². The predicted octanol–water partition coefficient (Wildman–Crippen LogP) is 5.79. The number of nitrogens with zero attached hydrogens (tertiary/aromatic N) is 1. The first kappa shape index (κ1) is 29.3. The van der Waals surface area contributed by atoms with Crippen molar-refractivity contribution in [2.45, 2.75) is 22.6 Å². The number of fused-ring (bicyclic) bond motifs is 9. The molecule has 46 heavy (non-hydrogen) atoms. The van der Waals surface area contributed by atoms with Crippen molar-refractivity contribution in [2.75, 3.05) is 23.9 Å². The maximum absolute atomic E-state index is 13.9. The minimum Gasteiger partial charge on any atom is -0.493 e. The first-order valence-corrected chi connectivity index (χ1v) is 17.1. The molecule has 4 unspecified atom stereocenters. The summed E-state index contributed by atoms with van der Waals surface area (Å²) in [5.41, 5.74) is 2.15. The van der Waals surface area contributed by atoms with Gasteiger partial charge >= 0.3 is 4.87 Å². The van der Waals surface area contributed by atoms with Gasteiger partial charge in [0.05, 0.1) is 29.7 Å². The van der Waals surface area contributed by atoms with Gasteiger partial charge < -0.3 is 19.8 Å². The van der Waals surface area contributed by atoms with Crippen LogP contribution in [0.3, 0.4) is 0 Å². The molecule has 1 saturated heterocycles. The maximum Gasteiger partial charge on any atom is 0.305 e. The minimum absolute atomic E-state index is 0.00787. The van der Waals surface area contributed by atoms with E-state index in [4.69, 9.17) is 21.1 Å². The van der Waals surface area contributed by atoms with Crippen LogP contribution in [0.15, 0.2) is 82.6 Å². The number of ether oxygens (including phenoxy) is 2. The van der Waals surface area contributed by atoms with Crippen molar-refractivity contribution in [2.24, 2.45) is 29.6 Å². The van der Waals surface area contributed by atoms with Crippen LogP contribution in [-0.2, 0) is 14.4 Å². The quantitative estimate of drug-likeness (QED) is 0.238. The average molecular weight is 674 g/mol. The lowest BCUT2D eigenvalue weighted by molar-refractivity contribution is -0.123. The zero-order valence-electron chi connectivity index (χ0n) is 24.5. The number of anilines is 2. The number of amides is 3. The Morgan fingerprint density at radius 3 is 2.46 bits per heavy atom. The summed E-state index contributed by atoms with van der Waals surface area (Å²) in [6.45, 7) is -0.229. The summed E-state index contributed by atoms with van der Waals surface area (Å²) in [4.78, 5) is 58.2. The Morgan fingerprint density at radius 2 is 1.72 bits per heavy atom. The van der Waals surface area contributed by atoms with E-state index in [2.05, 4.69) is 10.3 Å². The van der Waals surface area contributed by atoms with E-state index in [-0.39, 0.29) is 70.0 Å². The molecule has 3 aromatic carbocycles. The van der Waals surface area contributed by atoms with Crippen molar-refractivity contribution < 1.29 is 23.9 Å². The van der Waals surface area contributed by atoms with E-state index in [1.54, 1.807) is 49.2 Å². The van der Waals surface area contributed by atoms with Crippen LogP contribution in [0.5, 0.6) is 11.5 Å². The molecule has 0 radical (unpaired) electrons. The predicted molar refractivity (Wildman–Crippen MR) is 176 cm³/mol. The van der Waals surface area contributed by atoms with Crippen LogP contribution >= 0.6 is 34.7 Å². The van der Waals surface area contributed by atoms with Crippen LogP contribution in [0, 0.1) is 29.6 Å². The number of carbonyl (C=O) groups excluding carboxylic acids is 3. The smallest absolute Gasteiger partial charge is 0.305 e. The molecule has 2 bridgehead atoms. The van der Waals surface area contributed by atoms with Gasteiger partial charge in [0.1, 0.15) is 0 Å². The molecule has 2 aliphatic carbocycles. The lowest BCUT2D eigenvalue weighted by Crippen LogP contribution is -2.42. The molecule has 3 fully saturated rings. The van der Waals surface area contributed by atoms with Gasteiger partial charge in [0.2, 0.25) is 11.8 Å². The molecular formula is C34H28ClN3O6S2. The van der Waals surface area contributed by atoms with Crippen LogP contribution in [0.1, 0.15) is 22.8 Å². The van der Waals surface area contributed by atoms with Crippen LogP contribution in [-0.4, -0.2) is 41.7 Å². The van der Waals surface area contributed by atoms with Gasteiger partial charge in [-0.25, -0.2) is 0 Å². The highest BCUT2D eigenvalue weighted by Gasteiger charge is 2.69. The number of methoxy groups -OCH3 is 1. The molecule has 234 valence electrons. The van der Waals surface area contributed by atoms with E-state index in [0.717, 1.165) is 21.9 Å².